The molecule has 0 unspecified atom stereocenters. The van der Waals surface area contributed by atoms with Gasteiger partial charge in [0.25, 0.3) is 10.2 Å². The molecule has 0 aliphatic rings. The van der Waals surface area contributed by atoms with Crippen LogP contribution in [-0.4, -0.2) is 28.6 Å². The fourth-order valence-electron chi connectivity index (χ4n) is 1.04. The van der Waals surface area contributed by atoms with E-state index in [1.807, 2.05) is 0 Å². The van der Waals surface area contributed by atoms with Crippen molar-refractivity contribution < 1.29 is 13.2 Å². The molecular weight excluding hydrogens is 230 g/mol. The first-order valence-electron chi connectivity index (χ1n) is 4.72. The standard InChI is InChI=1S/C9H15N3O3S/c1-11-16(13,14)12-8-4-2-3-5-9(8)15-7-6-10/h2-5,11-12H,6-7,10H2,1H3. The molecule has 0 atom stereocenters. The summed E-state index contributed by atoms with van der Waals surface area (Å²) in [5.41, 5.74) is 5.68. The summed E-state index contributed by atoms with van der Waals surface area (Å²) in [5.74, 6) is 0.451. The van der Waals surface area contributed by atoms with Crippen molar-refractivity contribution in [2.45, 2.75) is 0 Å². The van der Waals surface area contributed by atoms with Crippen molar-refractivity contribution in [1.82, 2.24) is 4.72 Å². The van der Waals surface area contributed by atoms with E-state index < -0.39 is 10.2 Å². The maximum Gasteiger partial charge on any atom is 0.298 e. The van der Waals surface area contributed by atoms with E-state index in [1.54, 1.807) is 24.3 Å². The van der Waals surface area contributed by atoms with Gasteiger partial charge in [0.05, 0.1) is 5.69 Å². The number of nitrogens with two attached hydrogens (primary N) is 1. The summed E-state index contributed by atoms with van der Waals surface area (Å²) < 4.78 is 32.4. The van der Waals surface area contributed by atoms with Crippen molar-refractivity contribution in [2.75, 3.05) is 24.9 Å². The molecule has 7 heteroatoms. The van der Waals surface area contributed by atoms with Crippen LogP contribution in [0.25, 0.3) is 0 Å². The molecule has 0 radical (unpaired) electrons. The zero-order valence-corrected chi connectivity index (χ0v) is 9.75. The van der Waals surface area contributed by atoms with Gasteiger partial charge in [-0.25, -0.2) is 4.72 Å². The van der Waals surface area contributed by atoms with E-state index >= 15 is 0 Å². The third-order valence-corrected chi connectivity index (χ3v) is 2.80. The van der Waals surface area contributed by atoms with E-state index in [0.29, 0.717) is 24.6 Å². The van der Waals surface area contributed by atoms with Crippen molar-refractivity contribution in [2.24, 2.45) is 5.73 Å². The zero-order valence-electron chi connectivity index (χ0n) is 8.93. The lowest BCUT2D eigenvalue weighted by Crippen LogP contribution is -2.26. The van der Waals surface area contributed by atoms with Crippen molar-refractivity contribution in [3.8, 4) is 5.75 Å². The van der Waals surface area contributed by atoms with Crippen LogP contribution in [0, 0.1) is 0 Å². The average molecular weight is 245 g/mol. The monoisotopic (exact) mass is 245 g/mol. The Bertz CT molecular complexity index is 433. The number of anilines is 1. The molecule has 90 valence electrons. The summed E-state index contributed by atoms with van der Waals surface area (Å²) in [7, 11) is -2.21. The molecule has 0 saturated heterocycles. The summed E-state index contributed by atoms with van der Waals surface area (Å²) in [6.07, 6.45) is 0. The van der Waals surface area contributed by atoms with Crippen LogP contribution in [0.3, 0.4) is 0 Å². The lowest BCUT2D eigenvalue weighted by Gasteiger charge is -2.12. The lowest BCUT2D eigenvalue weighted by atomic mass is 10.3. The highest BCUT2D eigenvalue weighted by Gasteiger charge is 2.10. The highest BCUT2D eigenvalue weighted by atomic mass is 32.2. The van der Waals surface area contributed by atoms with Gasteiger partial charge in [0, 0.05) is 13.6 Å². The molecule has 0 spiro atoms. The summed E-state index contributed by atoms with van der Waals surface area (Å²) in [6.45, 7) is 0.700. The van der Waals surface area contributed by atoms with Gasteiger partial charge in [-0.2, -0.15) is 8.42 Å². The van der Waals surface area contributed by atoms with E-state index in [1.165, 1.54) is 7.05 Å². The minimum atomic E-state index is -3.53. The molecule has 4 N–H and O–H groups in total. The summed E-state index contributed by atoms with van der Waals surface area (Å²) in [4.78, 5) is 0. The second kappa shape index (κ2) is 5.69. The Balaban J connectivity index is 2.86. The van der Waals surface area contributed by atoms with Gasteiger partial charge in [0.15, 0.2) is 0 Å². The summed E-state index contributed by atoms with van der Waals surface area (Å²) in [5, 5.41) is 0. The highest BCUT2D eigenvalue weighted by Crippen LogP contribution is 2.24. The molecular formula is C9H15N3O3S. The third kappa shape index (κ3) is 3.69. The van der Waals surface area contributed by atoms with Crippen LogP contribution in [0.1, 0.15) is 0 Å². The van der Waals surface area contributed by atoms with Crippen LogP contribution in [-0.2, 0) is 10.2 Å². The van der Waals surface area contributed by atoms with Gasteiger partial charge >= 0.3 is 0 Å². The third-order valence-electron chi connectivity index (χ3n) is 1.78. The molecule has 0 aliphatic heterocycles. The predicted octanol–water partition coefficient (Wildman–Crippen LogP) is -0.0998. The molecule has 0 bridgehead atoms. The number of benzene rings is 1. The highest BCUT2D eigenvalue weighted by molar-refractivity contribution is 7.90. The fourth-order valence-corrected chi connectivity index (χ4v) is 1.60. The first-order valence-corrected chi connectivity index (χ1v) is 6.20. The maximum atomic E-state index is 11.3. The van der Waals surface area contributed by atoms with E-state index in [0.717, 1.165) is 0 Å². The fraction of sp³-hybridized carbons (Fsp3) is 0.333. The molecule has 0 saturated carbocycles. The number of para-hydroxylation sites is 2. The van der Waals surface area contributed by atoms with Crippen LogP contribution in [0.4, 0.5) is 5.69 Å². The molecule has 0 aliphatic carbocycles. The van der Waals surface area contributed by atoms with Crippen molar-refractivity contribution in [3.63, 3.8) is 0 Å². The SMILES string of the molecule is CNS(=O)(=O)Nc1ccccc1OCCN. The van der Waals surface area contributed by atoms with Crippen molar-refractivity contribution in [3.05, 3.63) is 24.3 Å². The van der Waals surface area contributed by atoms with Gasteiger partial charge < -0.3 is 10.5 Å². The first-order chi connectivity index (χ1) is 7.59. The van der Waals surface area contributed by atoms with Crippen LogP contribution in [0.15, 0.2) is 24.3 Å². The van der Waals surface area contributed by atoms with Crippen molar-refractivity contribution in [1.29, 1.82) is 0 Å². The van der Waals surface area contributed by atoms with E-state index in [9.17, 15) is 8.42 Å². The molecule has 0 heterocycles. The van der Waals surface area contributed by atoms with Crippen LogP contribution < -0.4 is 19.9 Å². The molecule has 6 nitrogen and oxygen atoms in total. The molecule has 1 rings (SSSR count). The molecule has 0 fully saturated rings. The summed E-state index contributed by atoms with van der Waals surface area (Å²) in [6, 6.07) is 6.75. The molecule has 1 aromatic rings. The lowest BCUT2D eigenvalue weighted by molar-refractivity contribution is 0.330. The van der Waals surface area contributed by atoms with Gasteiger partial charge in [-0.1, -0.05) is 12.1 Å². The van der Waals surface area contributed by atoms with Crippen LogP contribution in [0.5, 0.6) is 5.75 Å². The van der Waals surface area contributed by atoms with E-state index in [-0.39, 0.29) is 0 Å². The average Bonchev–Trinajstić information content (AvgIpc) is 2.27. The second-order valence-corrected chi connectivity index (χ2v) is 4.56. The molecule has 1 aromatic carbocycles. The van der Waals surface area contributed by atoms with Gasteiger partial charge in [0.2, 0.25) is 0 Å². The minimum Gasteiger partial charge on any atom is -0.490 e. The zero-order chi connectivity index (χ0) is 12.0. The van der Waals surface area contributed by atoms with Gasteiger partial charge in [0.1, 0.15) is 12.4 Å². The number of nitrogens with one attached hydrogen (secondary N) is 2. The Morgan fingerprint density at radius 2 is 2.06 bits per heavy atom. The van der Waals surface area contributed by atoms with Gasteiger partial charge in [-0.05, 0) is 12.1 Å². The number of hydrogen-bond acceptors (Lipinski definition) is 4. The van der Waals surface area contributed by atoms with Gasteiger partial charge in [-0.15, -0.1) is 0 Å². The largest absolute Gasteiger partial charge is 0.490 e. The topological polar surface area (TPSA) is 93.5 Å². The van der Waals surface area contributed by atoms with Crippen molar-refractivity contribution >= 4 is 15.9 Å². The van der Waals surface area contributed by atoms with Gasteiger partial charge in [-0.3, -0.25) is 4.72 Å². The molecule has 0 amide bonds. The quantitative estimate of drug-likeness (QED) is 0.652. The smallest absolute Gasteiger partial charge is 0.298 e. The van der Waals surface area contributed by atoms with Crippen LogP contribution in [0.2, 0.25) is 0 Å². The number of hydrogen-bond donors (Lipinski definition) is 3. The Morgan fingerprint density at radius 3 is 2.69 bits per heavy atom. The van der Waals surface area contributed by atoms with E-state index in [2.05, 4.69) is 9.44 Å². The Kier molecular flexibility index (Phi) is 4.53. The molecule has 0 aromatic heterocycles. The predicted molar refractivity (Wildman–Crippen MR) is 62.6 cm³/mol. The minimum absolute atomic E-state index is 0.332. The first kappa shape index (κ1) is 12.8. The summed E-state index contributed by atoms with van der Waals surface area (Å²) >= 11 is 0. The van der Waals surface area contributed by atoms with Crippen LogP contribution >= 0.6 is 0 Å². The Labute approximate surface area is 95.0 Å². The Morgan fingerprint density at radius 1 is 1.38 bits per heavy atom. The second-order valence-electron chi connectivity index (χ2n) is 2.94. The number of rotatable bonds is 6. The normalized spacial score (nSPS) is 11.1. The Hall–Kier alpha value is -1.31. The number of ether oxygens (including phenoxy) is 1. The molecule has 16 heavy (non-hydrogen) atoms. The maximum absolute atomic E-state index is 11.3. The van der Waals surface area contributed by atoms with E-state index in [4.69, 9.17) is 10.5 Å².